The van der Waals surface area contributed by atoms with Crippen LogP contribution in [0.1, 0.15) is 11.4 Å². The lowest BCUT2D eigenvalue weighted by atomic mass is 10.1. The molecule has 0 aliphatic carbocycles. The van der Waals surface area contributed by atoms with E-state index in [9.17, 15) is 4.79 Å². The van der Waals surface area contributed by atoms with Gasteiger partial charge in [0.25, 0.3) is 5.89 Å². The first-order valence-corrected chi connectivity index (χ1v) is 5.47. The SMILES string of the molecule is Cc1cccc(-c2nc(CNCC(=O)O)no2)c1. The predicted octanol–water partition coefficient (Wildman–Crippen LogP) is 1.22. The minimum atomic E-state index is -0.919. The molecule has 0 amide bonds. The number of aliphatic carboxylic acids is 1. The molecule has 1 heterocycles. The van der Waals surface area contributed by atoms with Crippen LogP contribution in [0.5, 0.6) is 0 Å². The fourth-order valence-electron chi connectivity index (χ4n) is 1.50. The van der Waals surface area contributed by atoms with E-state index in [0.717, 1.165) is 11.1 Å². The average molecular weight is 247 g/mol. The molecule has 1 aromatic carbocycles. The number of nitrogens with one attached hydrogen (secondary N) is 1. The highest BCUT2D eigenvalue weighted by atomic mass is 16.5. The van der Waals surface area contributed by atoms with Gasteiger partial charge in [-0.1, -0.05) is 22.9 Å². The molecule has 0 spiro atoms. The fourth-order valence-corrected chi connectivity index (χ4v) is 1.50. The Bertz CT molecular complexity index is 551. The number of rotatable bonds is 5. The molecule has 2 aromatic rings. The molecular weight excluding hydrogens is 234 g/mol. The standard InChI is InChI=1S/C12H13N3O3/c1-8-3-2-4-9(5-8)12-14-10(15-18-12)6-13-7-11(16)17/h2-5,13H,6-7H2,1H3,(H,16,17). The van der Waals surface area contributed by atoms with Gasteiger partial charge >= 0.3 is 5.97 Å². The predicted molar refractivity (Wildman–Crippen MR) is 63.8 cm³/mol. The zero-order valence-electron chi connectivity index (χ0n) is 9.88. The van der Waals surface area contributed by atoms with E-state index >= 15 is 0 Å². The van der Waals surface area contributed by atoms with E-state index in [1.807, 2.05) is 31.2 Å². The van der Waals surface area contributed by atoms with Crippen molar-refractivity contribution in [1.29, 1.82) is 0 Å². The number of aryl methyl sites for hydroxylation is 1. The van der Waals surface area contributed by atoms with Crippen molar-refractivity contribution in [3.8, 4) is 11.5 Å². The monoisotopic (exact) mass is 247 g/mol. The summed E-state index contributed by atoms with van der Waals surface area (Å²) in [7, 11) is 0. The van der Waals surface area contributed by atoms with Crippen molar-refractivity contribution in [2.75, 3.05) is 6.54 Å². The van der Waals surface area contributed by atoms with Gasteiger partial charge in [-0.05, 0) is 19.1 Å². The van der Waals surface area contributed by atoms with Crippen LogP contribution in [0.2, 0.25) is 0 Å². The molecule has 0 aliphatic heterocycles. The van der Waals surface area contributed by atoms with Gasteiger partial charge in [0.05, 0.1) is 13.1 Å². The molecule has 2 N–H and O–H groups in total. The Kier molecular flexibility index (Phi) is 3.69. The highest BCUT2D eigenvalue weighted by Crippen LogP contribution is 2.17. The van der Waals surface area contributed by atoms with Crippen LogP contribution in [0.4, 0.5) is 0 Å². The van der Waals surface area contributed by atoms with Gasteiger partial charge in [0, 0.05) is 5.56 Å². The lowest BCUT2D eigenvalue weighted by Gasteiger charge is -1.96. The van der Waals surface area contributed by atoms with Crippen molar-refractivity contribution >= 4 is 5.97 Å². The van der Waals surface area contributed by atoms with E-state index in [4.69, 9.17) is 9.63 Å². The molecule has 0 radical (unpaired) electrons. The van der Waals surface area contributed by atoms with Crippen molar-refractivity contribution in [2.45, 2.75) is 13.5 Å². The molecule has 0 aliphatic rings. The quantitative estimate of drug-likeness (QED) is 0.825. The Morgan fingerprint density at radius 2 is 2.33 bits per heavy atom. The largest absolute Gasteiger partial charge is 0.480 e. The summed E-state index contributed by atoms with van der Waals surface area (Å²) in [5, 5.41) is 14.9. The van der Waals surface area contributed by atoms with E-state index < -0.39 is 5.97 Å². The molecule has 6 nitrogen and oxygen atoms in total. The Morgan fingerprint density at radius 3 is 3.06 bits per heavy atom. The summed E-state index contributed by atoms with van der Waals surface area (Å²) in [4.78, 5) is 14.5. The van der Waals surface area contributed by atoms with Gasteiger partial charge in [-0.15, -0.1) is 0 Å². The summed E-state index contributed by atoms with van der Waals surface area (Å²) in [6.07, 6.45) is 0. The first-order chi connectivity index (χ1) is 8.65. The maximum Gasteiger partial charge on any atom is 0.317 e. The van der Waals surface area contributed by atoms with E-state index in [-0.39, 0.29) is 13.1 Å². The third-order valence-corrected chi connectivity index (χ3v) is 2.29. The summed E-state index contributed by atoms with van der Waals surface area (Å²) in [5.41, 5.74) is 1.96. The lowest BCUT2D eigenvalue weighted by Crippen LogP contribution is -2.22. The smallest absolute Gasteiger partial charge is 0.317 e. The van der Waals surface area contributed by atoms with Crippen molar-refractivity contribution in [3.05, 3.63) is 35.7 Å². The molecule has 0 fully saturated rings. The van der Waals surface area contributed by atoms with Crippen LogP contribution < -0.4 is 5.32 Å². The Labute approximate surface area is 104 Å². The van der Waals surface area contributed by atoms with Crippen molar-refractivity contribution in [2.24, 2.45) is 0 Å². The zero-order valence-corrected chi connectivity index (χ0v) is 9.88. The zero-order chi connectivity index (χ0) is 13.0. The van der Waals surface area contributed by atoms with E-state index in [1.54, 1.807) is 0 Å². The second kappa shape index (κ2) is 5.42. The lowest BCUT2D eigenvalue weighted by molar-refractivity contribution is -0.136. The van der Waals surface area contributed by atoms with Crippen LogP contribution in [-0.4, -0.2) is 27.8 Å². The Morgan fingerprint density at radius 1 is 1.50 bits per heavy atom. The van der Waals surface area contributed by atoms with Crippen LogP contribution in [0.25, 0.3) is 11.5 Å². The number of carboxylic acids is 1. The van der Waals surface area contributed by atoms with E-state index in [1.165, 1.54) is 0 Å². The van der Waals surface area contributed by atoms with Crippen molar-refractivity contribution in [3.63, 3.8) is 0 Å². The number of aromatic nitrogens is 2. The Balaban J connectivity index is 2.04. The molecule has 0 bridgehead atoms. The highest BCUT2D eigenvalue weighted by Gasteiger charge is 2.08. The molecule has 0 atom stereocenters. The molecule has 6 heteroatoms. The summed E-state index contributed by atoms with van der Waals surface area (Å²) in [6.45, 7) is 2.12. The van der Waals surface area contributed by atoms with Gasteiger partial charge in [-0.2, -0.15) is 4.98 Å². The Hall–Kier alpha value is -2.21. The number of nitrogens with zero attached hydrogens (tertiary/aromatic N) is 2. The summed E-state index contributed by atoms with van der Waals surface area (Å²) < 4.78 is 5.11. The van der Waals surface area contributed by atoms with Gasteiger partial charge < -0.3 is 9.63 Å². The van der Waals surface area contributed by atoms with Crippen molar-refractivity contribution in [1.82, 2.24) is 15.5 Å². The maximum atomic E-state index is 10.3. The number of hydrogen-bond donors (Lipinski definition) is 2. The molecule has 0 unspecified atom stereocenters. The average Bonchev–Trinajstić information content (AvgIpc) is 2.77. The molecule has 1 aromatic heterocycles. The highest BCUT2D eigenvalue weighted by molar-refractivity contribution is 5.68. The van der Waals surface area contributed by atoms with Gasteiger partial charge in [0.2, 0.25) is 0 Å². The number of hydrogen-bond acceptors (Lipinski definition) is 5. The summed E-state index contributed by atoms with van der Waals surface area (Å²) >= 11 is 0. The van der Waals surface area contributed by atoms with Crippen LogP contribution >= 0.6 is 0 Å². The van der Waals surface area contributed by atoms with Crippen LogP contribution in [-0.2, 0) is 11.3 Å². The third kappa shape index (κ3) is 3.14. The van der Waals surface area contributed by atoms with Gasteiger partial charge in [0.15, 0.2) is 5.82 Å². The first-order valence-electron chi connectivity index (χ1n) is 5.47. The van der Waals surface area contributed by atoms with Gasteiger partial charge in [-0.25, -0.2) is 0 Å². The molecule has 18 heavy (non-hydrogen) atoms. The fraction of sp³-hybridized carbons (Fsp3) is 0.250. The first kappa shape index (κ1) is 12.3. The minimum absolute atomic E-state index is 0.131. The van der Waals surface area contributed by atoms with Crippen LogP contribution in [0, 0.1) is 6.92 Å². The molecule has 0 saturated heterocycles. The van der Waals surface area contributed by atoms with Gasteiger partial charge in [-0.3, -0.25) is 10.1 Å². The molecule has 0 saturated carbocycles. The number of carboxylic acid groups (broad SMARTS) is 1. The third-order valence-electron chi connectivity index (χ3n) is 2.29. The number of carbonyl (C=O) groups is 1. The second-order valence-electron chi connectivity index (χ2n) is 3.88. The topological polar surface area (TPSA) is 88.2 Å². The molecule has 94 valence electrons. The van der Waals surface area contributed by atoms with Crippen LogP contribution in [0.15, 0.2) is 28.8 Å². The minimum Gasteiger partial charge on any atom is -0.480 e. The van der Waals surface area contributed by atoms with E-state index in [0.29, 0.717) is 11.7 Å². The van der Waals surface area contributed by atoms with Crippen LogP contribution in [0.3, 0.4) is 0 Å². The van der Waals surface area contributed by atoms with Gasteiger partial charge in [0.1, 0.15) is 0 Å². The van der Waals surface area contributed by atoms with E-state index in [2.05, 4.69) is 15.5 Å². The summed E-state index contributed by atoms with van der Waals surface area (Å²) in [5.74, 6) is -0.0454. The van der Waals surface area contributed by atoms with Crippen molar-refractivity contribution < 1.29 is 14.4 Å². The maximum absolute atomic E-state index is 10.3. The second-order valence-corrected chi connectivity index (χ2v) is 3.88. The summed E-state index contributed by atoms with van der Waals surface area (Å²) in [6, 6.07) is 7.73. The normalized spacial score (nSPS) is 10.5. The number of benzene rings is 1. The molecular formula is C12H13N3O3. The molecule has 2 rings (SSSR count).